The molecule has 0 amide bonds. The topological polar surface area (TPSA) is 34.2 Å². The van der Waals surface area contributed by atoms with Crippen LogP contribution < -0.4 is 5.73 Å². The molecule has 0 spiro atoms. The molecule has 114 valence electrons. The smallest absolute Gasteiger partial charge is 0.0483 e. The number of likely N-dealkylation sites (tertiary alicyclic amines) is 1. The lowest BCUT2D eigenvalue weighted by molar-refractivity contribution is 0.163. The van der Waals surface area contributed by atoms with Gasteiger partial charge in [0.15, 0.2) is 0 Å². The second kappa shape index (κ2) is 5.82. The first-order valence-electron chi connectivity index (χ1n) is 8.08. The zero-order valence-electron chi connectivity index (χ0n) is 13.5. The molecule has 2 heterocycles. The van der Waals surface area contributed by atoms with E-state index in [1.807, 2.05) is 0 Å². The first-order valence-corrected chi connectivity index (χ1v) is 8.08. The second-order valence-electron chi connectivity index (χ2n) is 6.62. The molecular weight excluding hydrogens is 258 g/mol. The molecule has 21 heavy (non-hydrogen) atoms. The van der Waals surface area contributed by atoms with Crippen LogP contribution in [0.5, 0.6) is 0 Å². The van der Waals surface area contributed by atoms with Crippen molar-refractivity contribution in [3.8, 4) is 0 Å². The van der Waals surface area contributed by atoms with Gasteiger partial charge in [0.25, 0.3) is 0 Å². The Bertz CT molecular complexity index is 580. The average Bonchev–Trinajstić information content (AvgIpc) is 2.73. The van der Waals surface area contributed by atoms with Crippen molar-refractivity contribution in [2.24, 2.45) is 18.7 Å². The van der Waals surface area contributed by atoms with Crippen molar-refractivity contribution in [3.63, 3.8) is 0 Å². The molecule has 2 aromatic rings. The standard InChI is InChI=1S/C18H27N3/c1-13-16-6-4-5-7-17(16)20(3)18(13)12-21-10-8-15(9-11-21)14(2)19/h4-7,14-15H,8-12,19H2,1-3H3. The number of fused-ring (bicyclic) bond motifs is 1. The highest BCUT2D eigenvalue weighted by molar-refractivity contribution is 5.85. The van der Waals surface area contributed by atoms with E-state index in [9.17, 15) is 0 Å². The maximum Gasteiger partial charge on any atom is 0.0483 e. The number of hydrogen-bond donors (Lipinski definition) is 1. The van der Waals surface area contributed by atoms with Gasteiger partial charge in [0.1, 0.15) is 0 Å². The van der Waals surface area contributed by atoms with Gasteiger partial charge in [0, 0.05) is 36.2 Å². The Balaban J connectivity index is 1.77. The number of nitrogens with two attached hydrogens (primary N) is 1. The Morgan fingerprint density at radius 2 is 1.90 bits per heavy atom. The minimum atomic E-state index is 0.339. The largest absolute Gasteiger partial charge is 0.346 e. The Hall–Kier alpha value is -1.32. The molecule has 1 aliphatic heterocycles. The van der Waals surface area contributed by atoms with Crippen molar-refractivity contribution in [1.29, 1.82) is 0 Å². The molecule has 0 saturated carbocycles. The van der Waals surface area contributed by atoms with E-state index < -0.39 is 0 Å². The van der Waals surface area contributed by atoms with Gasteiger partial charge in [0.2, 0.25) is 0 Å². The van der Waals surface area contributed by atoms with Crippen LogP contribution in [0.2, 0.25) is 0 Å². The van der Waals surface area contributed by atoms with Crippen LogP contribution in [-0.2, 0) is 13.6 Å². The molecule has 1 aliphatic rings. The number of hydrogen-bond acceptors (Lipinski definition) is 2. The van der Waals surface area contributed by atoms with E-state index in [1.54, 1.807) is 0 Å². The molecule has 2 N–H and O–H groups in total. The highest BCUT2D eigenvalue weighted by Gasteiger charge is 2.23. The Labute approximate surface area is 127 Å². The molecule has 0 aliphatic carbocycles. The number of piperidine rings is 1. The SMILES string of the molecule is Cc1c(CN2CCC(C(C)N)CC2)n(C)c2ccccc12. The molecular formula is C18H27N3. The number of aromatic nitrogens is 1. The lowest BCUT2D eigenvalue weighted by Gasteiger charge is -2.33. The molecule has 1 fully saturated rings. The van der Waals surface area contributed by atoms with Crippen molar-refractivity contribution in [2.75, 3.05) is 13.1 Å². The zero-order chi connectivity index (χ0) is 15.0. The molecule has 1 aromatic heterocycles. The fourth-order valence-corrected chi connectivity index (χ4v) is 3.71. The summed E-state index contributed by atoms with van der Waals surface area (Å²) in [7, 11) is 2.19. The summed E-state index contributed by atoms with van der Waals surface area (Å²) in [6, 6.07) is 9.05. The van der Waals surface area contributed by atoms with E-state index in [4.69, 9.17) is 5.73 Å². The van der Waals surface area contributed by atoms with E-state index in [1.165, 1.54) is 48.1 Å². The van der Waals surface area contributed by atoms with Gasteiger partial charge in [-0.25, -0.2) is 0 Å². The third-order valence-corrected chi connectivity index (χ3v) is 5.26. The third kappa shape index (κ3) is 2.72. The quantitative estimate of drug-likeness (QED) is 0.940. The first-order chi connectivity index (χ1) is 10.1. The van der Waals surface area contributed by atoms with Crippen LogP contribution in [0.1, 0.15) is 31.0 Å². The number of aryl methyl sites for hydroxylation is 2. The van der Waals surface area contributed by atoms with Crippen molar-refractivity contribution in [3.05, 3.63) is 35.5 Å². The second-order valence-corrected chi connectivity index (χ2v) is 6.62. The van der Waals surface area contributed by atoms with Gasteiger partial charge in [-0.05, 0) is 57.3 Å². The molecule has 1 saturated heterocycles. The van der Waals surface area contributed by atoms with Crippen LogP contribution in [-0.4, -0.2) is 28.6 Å². The minimum absolute atomic E-state index is 0.339. The highest BCUT2D eigenvalue weighted by Crippen LogP contribution is 2.27. The van der Waals surface area contributed by atoms with Gasteiger partial charge in [-0.15, -0.1) is 0 Å². The van der Waals surface area contributed by atoms with Crippen LogP contribution in [0.4, 0.5) is 0 Å². The molecule has 1 unspecified atom stereocenters. The minimum Gasteiger partial charge on any atom is -0.346 e. The Morgan fingerprint density at radius 3 is 2.52 bits per heavy atom. The van der Waals surface area contributed by atoms with Crippen molar-refractivity contribution in [2.45, 2.75) is 39.3 Å². The van der Waals surface area contributed by atoms with Crippen molar-refractivity contribution in [1.82, 2.24) is 9.47 Å². The van der Waals surface area contributed by atoms with Crippen LogP contribution >= 0.6 is 0 Å². The number of para-hydroxylation sites is 1. The maximum atomic E-state index is 6.04. The summed E-state index contributed by atoms with van der Waals surface area (Å²) < 4.78 is 2.36. The van der Waals surface area contributed by atoms with Crippen LogP contribution in [0.15, 0.2) is 24.3 Å². The molecule has 3 nitrogen and oxygen atoms in total. The predicted octanol–water partition coefficient (Wildman–Crippen LogP) is 3.05. The summed E-state index contributed by atoms with van der Waals surface area (Å²) in [6.45, 7) is 7.81. The van der Waals surface area contributed by atoms with Gasteiger partial charge in [-0.1, -0.05) is 18.2 Å². The zero-order valence-corrected chi connectivity index (χ0v) is 13.5. The van der Waals surface area contributed by atoms with E-state index in [0.29, 0.717) is 12.0 Å². The molecule has 3 rings (SSSR count). The highest BCUT2D eigenvalue weighted by atomic mass is 15.1. The van der Waals surface area contributed by atoms with E-state index in [-0.39, 0.29) is 0 Å². The predicted molar refractivity (Wildman–Crippen MR) is 89.3 cm³/mol. The summed E-state index contributed by atoms with van der Waals surface area (Å²) in [6.07, 6.45) is 2.47. The lowest BCUT2D eigenvalue weighted by atomic mass is 9.91. The van der Waals surface area contributed by atoms with Crippen LogP contribution in [0, 0.1) is 12.8 Å². The summed E-state index contributed by atoms with van der Waals surface area (Å²) in [5.41, 5.74) is 10.3. The molecule has 0 bridgehead atoms. The van der Waals surface area contributed by atoms with Crippen LogP contribution in [0.3, 0.4) is 0 Å². The third-order valence-electron chi connectivity index (χ3n) is 5.26. The van der Waals surface area contributed by atoms with E-state index >= 15 is 0 Å². The molecule has 3 heteroatoms. The summed E-state index contributed by atoms with van der Waals surface area (Å²) in [5, 5.41) is 1.39. The summed E-state index contributed by atoms with van der Waals surface area (Å²) >= 11 is 0. The van der Waals surface area contributed by atoms with Crippen molar-refractivity contribution >= 4 is 10.9 Å². The van der Waals surface area contributed by atoms with E-state index in [0.717, 1.165) is 6.54 Å². The Kier molecular flexibility index (Phi) is 4.05. The first kappa shape index (κ1) is 14.6. The van der Waals surface area contributed by atoms with Crippen LogP contribution in [0.25, 0.3) is 10.9 Å². The van der Waals surface area contributed by atoms with Gasteiger partial charge < -0.3 is 10.3 Å². The summed E-state index contributed by atoms with van der Waals surface area (Å²) in [4.78, 5) is 2.58. The number of benzene rings is 1. The van der Waals surface area contributed by atoms with Gasteiger partial charge in [0.05, 0.1) is 0 Å². The van der Waals surface area contributed by atoms with Gasteiger partial charge in [-0.2, -0.15) is 0 Å². The van der Waals surface area contributed by atoms with Gasteiger partial charge in [-0.3, -0.25) is 4.90 Å². The summed E-state index contributed by atoms with van der Waals surface area (Å²) in [5.74, 6) is 0.704. The monoisotopic (exact) mass is 285 g/mol. The normalized spacial score (nSPS) is 19.2. The Morgan fingerprint density at radius 1 is 1.24 bits per heavy atom. The molecule has 1 aromatic carbocycles. The van der Waals surface area contributed by atoms with E-state index in [2.05, 4.69) is 54.6 Å². The average molecular weight is 285 g/mol. The van der Waals surface area contributed by atoms with Crippen molar-refractivity contribution < 1.29 is 0 Å². The fourth-order valence-electron chi connectivity index (χ4n) is 3.71. The maximum absolute atomic E-state index is 6.04. The number of rotatable bonds is 3. The number of nitrogens with zero attached hydrogens (tertiary/aromatic N) is 2. The lowest BCUT2D eigenvalue weighted by Crippen LogP contribution is -2.39. The molecule has 0 radical (unpaired) electrons. The fraction of sp³-hybridized carbons (Fsp3) is 0.556. The molecule has 1 atom stereocenters. The van der Waals surface area contributed by atoms with Gasteiger partial charge >= 0.3 is 0 Å².